The molecule has 0 aliphatic rings. The molecule has 0 aliphatic carbocycles. The Bertz CT molecular complexity index is 703. The van der Waals surface area contributed by atoms with Crippen LogP contribution in [0.15, 0.2) is 42.7 Å². The van der Waals surface area contributed by atoms with Gasteiger partial charge in [-0.3, -0.25) is 9.48 Å². The fourth-order valence-electron chi connectivity index (χ4n) is 2.42. The summed E-state index contributed by atoms with van der Waals surface area (Å²) in [6, 6.07) is 9.32. The lowest BCUT2D eigenvalue weighted by Crippen LogP contribution is -2.39. The number of benzene rings is 1. The van der Waals surface area contributed by atoms with Gasteiger partial charge in [0.05, 0.1) is 17.9 Å². The van der Waals surface area contributed by atoms with Crippen molar-refractivity contribution >= 4 is 17.6 Å². The molecule has 1 unspecified atom stereocenters. The molecule has 2 rings (SSSR count). The Balaban J connectivity index is 2.06. The Kier molecular flexibility index (Phi) is 5.23. The highest BCUT2D eigenvalue weighted by Gasteiger charge is 2.27. The standard InChI is InChI=1S/C17H23N5O2/c1-17(2,3)15(12-7-5-4-6-8-12)21-16(24)20-13-9-19-22(10-13)11-14(18)23/h4-10,15H,11H2,1-3H3,(H2,18,23)(H2,20,21,24). The van der Waals surface area contributed by atoms with Gasteiger partial charge in [-0.05, 0) is 11.0 Å². The van der Waals surface area contributed by atoms with E-state index < -0.39 is 5.91 Å². The minimum Gasteiger partial charge on any atom is -0.368 e. The molecule has 2 aromatic rings. The maximum Gasteiger partial charge on any atom is 0.319 e. The van der Waals surface area contributed by atoms with Crippen molar-refractivity contribution in [3.63, 3.8) is 0 Å². The Labute approximate surface area is 141 Å². The number of amides is 3. The van der Waals surface area contributed by atoms with Crippen LogP contribution in [0, 0.1) is 5.41 Å². The first-order valence-corrected chi connectivity index (χ1v) is 7.69. The summed E-state index contributed by atoms with van der Waals surface area (Å²) in [4.78, 5) is 23.2. The van der Waals surface area contributed by atoms with Crippen molar-refractivity contribution in [3.05, 3.63) is 48.3 Å². The third-order valence-electron chi connectivity index (χ3n) is 3.48. The summed E-state index contributed by atoms with van der Waals surface area (Å²) in [5.74, 6) is -0.494. The third kappa shape index (κ3) is 4.84. The van der Waals surface area contributed by atoms with Gasteiger partial charge < -0.3 is 16.4 Å². The number of hydrogen-bond acceptors (Lipinski definition) is 3. The number of rotatable bonds is 5. The van der Waals surface area contributed by atoms with E-state index >= 15 is 0 Å². The lowest BCUT2D eigenvalue weighted by Gasteiger charge is -2.31. The molecule has 0 saturated heterocycles. The maximum absolute atomic E-state index is 12.3. The second-order valence-corrected chi connectivity index (χ2v) is 6.70. The van der Waals surface area contributed by atoms with Gasteiger partial charge in [0.15, 0.2) is 0 Å². The van der Waals surface area contributed by atoms with Crippen LogP contribution in [0.2, 0.25) is 0 Å². The highest BCUT2D eigenvalue weighted by molar-refractivity contribution is 5.89. The molecule has 7 heteroatoms. The van der Waals surface area contributed by atoms with Crippen molar-refractivity contribution in [1.82, 2.24) is 15.1 Å². The van der Waals surface area contributed by atoms with Crippen molar-refractivity contribution in [2.24, 2.45) is 11.1 Å². The number of nitrogens with two attached hydrogens (primary N) is 1. The first kappa shape index (κ1) is 17.5. The Morgan fingerprint density at radius 3 is 2.50 bits per heavy atom. The smallest absolute Gasteiger partial charge is 0.319 e. The molecular formula is C17H23N5O2. The average molecular weight is 329 g/mol. The van der Waals surface area contributed by atoms with Gasteiger partial charge in [0.2, 0.25) is 5.91 Å². The average Bonchev–Trinajstić information content (AvgIpc) is 2.90. The number of aromatic nitrogens is 2. The second kappa shape index (κ2) is 7.16. The normalized spacial score (nSPS) is 12.5. The molecule has 7 nitrogen and oxygen atoms in total. The highest BCUT2D eigenvalue weighted by Crippen LogP contribution is 2.32. The van der Waals surface area contributed by atoms with Crippen molar-refractivity contribution < 1.29 is 9.59 Å². The van der Waals surface area contributed by atoms with E-state index in [1.165, 1.54) is 10.9 Å². The van der Waals surface area contributed by atoms with Crippen LogP contribution >= 0.6 is 0 Å². The van der Waals surface area contributed by atoms with Gasteiger partial charge in [0.25, 0.3) is 0 Å². The molecule has 4 N–H and O–H groups in total. The summed E-state index contributed by atoms with van der Waals surface area (Å²) >= 11 is 0. The van der Waals surface area contributed by atoms with E-state index in [9.17, 15) is 9.59 Å². The van der Waals surface area contributed by atoms with Crippen LogP contribution in [-0.2, 0) is 11.3 Å². The fourth-order valence-corrected chi connectivity index (χ4v) is 2.42. The van der Waals surface area contributed by atoms with Gasteiger partial charge in [-0.2, -0.15) is 5.10 Å². The van der Waals surface area contributed by atoms with E-state index in [-0.39, 0.29) is 24.0 Å². The predicted molar refractivity (Wildman–Crippen MR) is 92.2 cm³/mol. The highest BCUT2D eigenvalue weighted by atomic mass is 16.2. The van der Waals surface area contributed by atoms with Crippen LogP contribution in [-0.4, -0.2) is 21.7 Å². The van der Waals surface area contributed by atoms with Crippen LogP contribution < -0.4 is 16.4 Å². The van der Waals surface area contributed by atoms with Gasteiger partial charge in [0.1, 0.15) is 6.54 Å². The zero-order valence-electron chi connectivity index (χ0n) is 14.1. The van der Waals surface area contributed by atoms with Crippen LogP contribution in [0.25, 0.3) is 0 Å². The third-order valence-corrected chi connectivity index (χ3v) is 3.48. The summed E-state index contributed by atoms with van der Waals surface area (Å²) < 4.78 is 1.37. The zero-order valence-corrected chi connectivity index (χ0v) is 14.1. The lowest BCUT2D eigenvalue weighted by molar-refractivity contribution is -0.118. The van der Waals surface area contributed by atoms with Crippen LogP contribution in [0.3, 0.4) is 0 Å². The van der Waals surface area contributed by atoms with Crippen molar-refractivity contribution in [2.75, 3.05) is 5.32 Å². The first-order valence-electron chi connectivity index (χ1n) is 7.69. The topological polar surface area (TPSA) is 102 Å². The number of urea groups is 1. The van der Waals surface area contributed by atoms with Crippen LogP contribution in [0.5, 0.6) is 0 Å². The molecule has 0 radical (unpaired) electrons. The molecule has 0 fully saturated rings. The summed E-state index contributed by atoms with van der Waals surface area (Å²) in [6.07, 6.45) is 3.02. The van der Waals surface area contributed by atoms with E-state index in [1.54, 1.807) is 6.20 Å². The second-order valence-electron chi connectivity index (χ2n) is 6.70. The maximum atomic E-state index is 12.3. The number of nitrogens with one attached hydrogen (secondary N) is 2. The number of carbonyl (C=O) groups is 2. The van der Waals surface area contributed by atoms with Crippen molar-refractivity contribution in [1.29, 1.82) is 0 Å². The molecular weight excluding hydrogens is 306 g/mol. The Hall–Kier alpha value is -2.83. The monoisotopic (exact) mass is 329 g/mol. The van der Waals surface area contributed by atoms with Gasteiger partial charge in [-0.1, -0.05) is 51.1 Å². The van der Waals surface area contributed by atoms with Crippen molar-refractivity contribution in [2.45, 2.75) is 33.4 Å². The molecule has 1 heterocycles. The molecule has 0 spiro atoms. The first-order chi connectivity index (χ1) is 11.3. The lowest BCUT2D eigenvalue weighted by atomic mass is 9.82. The number of hydrogen-bond donors (Lipinski definition) is 3. The number of anilines is 1. The molecule has 0 bridgehead atoms. The van der Waals surface area contributed by atoms with Gasteiger partial charge in [-0.25, -0.2) is 4.79 Å². The minimum atomic E-state index is -0.494. The number of nitrogens with zero attached hydrogens (tertiary/aromatic N) is 2. The molecule has 1 atom stereocenters. The zero-order chi connectivity index (χ0) is 17.7. The van der Waals surface area contributed by atoms with E-state index in [0.717, 1.165) is 5.56 Å². The van der Waals surface area contributed by atoms with Gasteiger partial charge in [0, 0.05) is 6.20 Å². The SMILES string of the molecule is CC(C)(C)C(NC(=O)Nc1cnn(CC(N)=O)c1)c1ccccc1. The molecule has 24 heavy (non-hydrogen) atoms. The van der Waals surface area contributed by atoms with E-state index in [2.05, 4.69) is 36.5 Å². The van der Waals surface area contributed by atoms with E-state index in [4.69, 9.17) is 5.73 Å². The molecule has 1 aromatic heterocycles. The molecule has 3 amide bonds. The van der Waals surface area contributed by atoms with Gasteiger partial charge >= 0.3 is 6.03 Å². The summed E-state index contributed by atoms with van der Waals surface area (Å²) in [5, 5.41) is 9.68. The van der Waals surface area contributed by atoms with Crippen molar-refractivity contribution in [3.8, 4) is 0 Å². The Morgan fingerprint density at radius 1 is 1.25 bits per heavy atom. The van der Waals surface area contributed by atoms with Crippen LogP contribution in [0.1, 0.15) is 32.4 Å². The number of primary amides is 1. The quantitative estimate of drug-likeness (QED) is 0.784. The minimum absolute atomic E-state index is 0.0298. The molecule has 1 aromatic carbocycles. The van der Waals surface area contributed by atoms with E-state index in [0.29, 0.717) is 5.69 Å². The summed E-state index contributed by atoms with van der Waals surface area (Å²) in [5.41, 5.74) is 6.48. The molecule has 0 saturated carbocycles. The predicted octanol–water partition coefficient (Wildman–Crippen LogP) is 2.28. The number of carbonyl (C=O) groups excluding carboxylic acids is 2. The summed E-state index contributed by atoms with van der Waals surface area (Å²) in [7, 11) is 0. The van der Waals surface area contributed by atoms with Crippen LogP contribution in [0.4, 0.5) is 10.5 Å². The fraction of sp³-hybridized carbons (Fsp3) is 0.353. The van der Waals surface area contributed by atoms with Gasteiger partial charge in [-0.15, -0.1) is 0 Å². The Morgan fingerprint density at radius 2 is 1.92 bits per heavy atom. The molecule has 128 valence electrons. The summed E-state index contributed by atoms with van der Waals surface area (Å²) in [6.45, 7) is 6.17. The van der Waals surface area contributed by atoms with E-state index in [1.807, 2.05) is 30.3 Å². The molecule has 0 aliphatic heterocycles. The largest absolute Gasteiger partial charge is 0.368 e.